The Morgan fingerprint density at radius 3 is 3.16 bits per heavy atom. The average molecular weight is 281 g/mol. The highest BCUT2D eigenvalue weighted by atomic mass is 32.2. The normalized spacial score (nSPS) is 26.3. The van der Waals surface area contributed by atoms with E-state index in [9.17, 15) is 4.79 Å². The quantitative estimate of drug-likeness (QED) is 0.654. The molecule has 1 aliphatic carbocycles. The van der Waals surface area contributed by atoms with Gasteiger partial charge in [0, 0.05) is 11.4 Å². The zero-order valence-electron chi connectivity index (χ0n) is 11.3. The number of hydrogen-bond donors (Lipinski definition) is 1. The van der Waals surface area contributed by atoms with E-state index in [4.69, 9.17) is 4.74 Å². The fourth-order valence-electron chi connectivity index (χ4n) is 2.57. The molecule has 1 aromatic heterocycles. The number of hydrogen-bond acceptors (Lipinski definition) is 6. The van der Waals surface area contributed by atoms with Crippen LogP contribution in [0, 0.1) is 0 Å². The molecule has 104 valence electrons. The number of likely N-dealkylation sites (N-methyl/N-ethyl adjacent to an activating group) is 1. The van der Waals surface area contributed by atoms with Gasteiger partial charge in [-0.15, -0.1) is 11.8 Å². The Kier molecular flexibility index (Phi) is 4.76. The van der Waals surface area contributed by atoms with Crippen LogP contribution in [0.2, 0.25) is 0 Å². The summed E-state index contributed by atoms with van der Waals surface area (Å²) in [7, 11) is 1.45. The van der Waals surface area contributed by atoms with Crippen molar-refractivity contribution in [3.05, 3.63) is 18.6 Å². The summed E-state index contributed by atoms with van der Waals surface area (Å²) in [5.74, 6) is -0.153. The summed E-state index contributed by atoms with van der Waals surface area (Å²) in [5.41, 5.74) is -0.520. The Morgan fingerprint density at radius 2 is 2.53 bits per heavy atom. The molecule has 0 aliphatic heterocycles. The van der Waals surface area contributed by atoms with E-state index >= 15 is 0 Å². The van der Waals surface area contributed by atoms with Crippen LogP contribution in [0.5, 0.6) is 0 Å². The molecule has 19 heavy (non-hydrogen) atoms. The number of thioether (sulfide) groups is 1. The lowest BCUT2D eigenvalue weighted by Crippen LogP contribution is -2.50. The Hall–Kier alpha value is -1.14. The van der Waals surface area contributed by atoms with Gasteiger partial charge in [-0.3, -0.25) is 4.79 Å². The molecule has 2 atom stereocenters. The molecule has 0 radical (unpaired) electrons. The summed E-state index contributed by atoms with van der Waals surface area (Å²) in [4.78, 5) is 20.1. The average Bonchev–Trinajstić information content (AvgIpc) is 2.84. The van der Waals surface area contributed by atoms with Gasteiger partial charge in [-0.1, -0.05) is 6.92 Å². The van der Waals surface area contributed by atoms with Crippen molar-refractivity contribution < 1.29 is 9.53 Å². The maximum atomic E-state index is 12.0. The molecule has 1 N–H and O–H groups in total. The van der Waals surface area contributed by atoms with E-state index in [2.05, 4.69) is 15.3 Å². The predicted molar refractivity (Wildman–Crippen MR) is 74.0 cm³/mol. The molecule has 2 rings (SSSR count). The molecule has 0 amide bonds. The lowest BCUT2D eigenvalue weighted by atomic mass is 9.98. The maximum Gasteiger partial charge on any atom is 0.326 e. The molecule has 0 spiro atoms. The highest BCUT2D eigenvalue weighted by molar-refractivity contribution is 7.99. The highest BCUT2D eigenvalue weighted by Gasteiger charge is 2.46. The van der Waals surface area contributed by atoms with Crippen LogP contribution in [0.15, 0.2) is 23.6 Å². The minimum atomic E-state index is -0.520. The molecule has 5 nitrogen and oxygen atoms in total. The van der Waals surface area contributed by atoms with Crippen molar-refractivity contribution in [1.82, 2.24) is 15.3 Å². The standard InChI is InChI=1S/C13H19N3O2S/c1-3-16-13(12(17)18-2)6-4-10(8-13)19-11-5-7-14-9-15-11/h5,7,9-10,16H,3-4,6,8H2,1-2H3. The van der Waals surface area contributed by atoms with Crippen LogP contribution < -0.4 is 5.32 Å². The molecule has 0 aromatic carbocycles. The molecule has 1 saturated carbocycles. The SMILES string of the molecule is CCNC1(C(=O)OC)CCC(Sc2ccncn2)C1. The van der Waals surface area contributed by atoms with Crippen LogP contribution in [0.1, 0.15) is 26.2 Å². The second-order valence-corrected chi connectivity index (χ2v) is 5.95. The van der Waals surface area contributed by atoms with Gasteiger partial charge in [0.05, 0.1) is 12.1 Å². The second-order valence-electron chi connectivity index (χ2n) is 4.63. The number of rotatable bonds is 5. The number of carbonyl (C=O) groups excluding carboxylic acids is 1. The van der Waals surface area contributed by atoms with Gasteiger partial charge in [-0.25, -0.2) is 9.97 Å². The molecule has 6 heteroatoms. The van der Waals surface area contributed by atoms with E-state index < -0.39 is 5.54 Å². The minimum absolute atomic E-state index is 0.153. The summed E-state index contributed by atoms with van der Waals surface area (Å²) in [6.45, 7) is 2.77. The van der Waals surface area contributed by atoms with Crippen molar-refractivity contribution in [3.63, 3.8) is 0 Å². The smallest absolute Gasteiger partial charge is 0.326 e. The topological polar surface area (TPSA) is 64.1 Å². The highest BCUT2D eigenvalue weighted by Crippen LogP contribution is 2.40. The number of nitrogens with one attached hydrogen (secondary N) is 1. The van der Waals surface area contributed by atoms with Gasteiger partial charge in [0.1, 0.15) is 11.9 Å². The zero-order chi connectivity index (χ0) is 13.7. The molecular weight excluding hydrogens is 262 g/mol. The molecule has 1 fully saturated rings. The third kappa shape index (κ3) is 3.25. The van der Waals surface area contributed by atoms with Gasteiger partial charge in [-0.2, -0.15) is 0 Å². The van der Waals surface area contributed by atoms with Crippen LogP contribution in [0.3, 0.4) is 0 Å². The zero-order valence-corrected chi connectivity index (χ0v) is 12.1. The third-order valence-electron chi connectivity index (χ3n) is 3.40. The van der Waals surface area contributed by atoms with Crippen LogP contribution in [-0.4, -0.2) is 40.4 Å². The first-order chi connectivity index (χ1) is 9.20. The summed E-state index contributed by atoms with van der Waals surface area (Å²) in [5, 5.41) is 4.64. The number of aromatic nitrogens is 2. The lowest BCUT2D eigenvalue weighted by molar-refractivity contribution is -0.148. The largest absolute Gasteiger partial charge is 0.468 e. The van der Waals surface area contributed by atoms with Gasteiger partial charge >= 0.3 is 5.97 Å². The molecule has 0 bridgehead atoms. The van der Waals surface area contributed by atoms with Crippen LogP contribution >= 0.6 is 11.8 Å². The van der Waals surface area contributed by atoms with Gasteiger partial charge in [0.2, 0.25) is 0 Å². The van der Waals surface area contributed by atoms with Gasteiger partial charge in [-0.05, 0) is 31.9 Å². The molecule has 1 aromatic rings. The molecule has 0 saturated heterocycles. The Balaban J connectivity index is 2.02. The lowest BCUT2D eigenvalue weighted by Gasteiger charge is -2.27. The van der Waals surface area contributed by atoms with Crippen molar-refractivity contribution in [3.8, 4) is 0 Å². The molecule has 1 heterocycles. The fourth-order valence-corrected chi connectivity index (χ4v) is 3.76. The number of esters is 1. The summed E-state index contributed by atoms with van der Waals surface area (Å²) in [6.07, 6.45) is 5.87. The van der Waals surface area contributed by atoms with Crippen molar-refractivity contribution in [2.75, 3.05) is 13.7 Å². The second kappa shape index (κ2) is 6.34. The minimum Gasteiger partial charge on any atom is -0.468 e. The van der Waals surface area contributed by atoms with Crippen LogP contribution in [-0.2, 0) is 9.53 Å². The van der Waals surface area contributed by atoms with Gasteiger partial charge in [0.25, 0.3) is 0 Å². The summed E-state index contributed by atoms with van der Waals surface area (Å²) in [6, 6.07) is 1.90. The predicted octanol–water partition coefficient (Wildman–Crippen LogP) is 1.64. The first kappa shape index (κ1) is 14.3. The molecule has 1 aliphatic rings. The number of ether oxygens (including phenoxy) is 1. The van der Waals surface area contributed by atoms with Crippen molar-refractivity contribution in [2.45, 2.75) is 42.0 Å². The maximum absolute atomic E-state index is 12.0. The fraction of sp³-hybridized carbons (Fsp3) is 0.615. The monoisotopic (exact) mass is 281 g/mol. The Labute approximate surface area is 117 Å². The van der Waals surface area contributed by atoms with E-state index in [1.807, 2.05) is 13.0 Å². The van der Waals surface area contributed by atoms with Crippen molar-refractivity contribution >= 4 is 17.7 Å². The van der Waals surface area contributed by atoms with Crippen molar-refractivity contribution in [1.29, 1.82) is 0 Å². The number of nitrogens with zero attached hydrogens (tertiary/aromatic N) is 2. The van der Waals surface area contributed by atoms with E-state index in [0.29, 0.717) is 5.25 Å². The van der Waals surface area contributed by atoms with E-state index in [-0.39, 0.29) is 5.97 Å². The molecular formula is C13H19N3O2S. The van der Waals surface area contributed by atoms with Crippen LogP contribution in [0.4, 0.5) is 0 Å². The van der Waals surface area contributed by atoms with Crippen molar-refractivity contribution in [2.24, 2.45) is 0 Å². The summed E-state index contributed by atoms with van der Waals surface area (Å²) < 4.78 is 4.95. The number of methoxy groups -OCH3 is 1. The van der Waals surface area contributed by atoms with E-state index in [1.165, 1.54) is 7.11 Å². The molecule has 2 unspecified atom stereocenters. The first-order valence-corrected chi connectivity index (χ1v) is 7.34. The van der Waals surface area contributed by atoms with E-state index in [0.717, 1.165) is 30.8 Å². The van der Waals surface area contributed by atoms with E-state index in [1.54, 1.807) is 24.3 Å². The Bertz CT molecular complexity index is 429. The first-order valence-electron chi connectivity index (χ1n) is 6.46. The van der Waals surface area contributed by atoms with Crippen LogP contribution in [0.25, 0.3) is 0 Å². The Morgan fingerprint density at radius 1 is 1.68 bits per heavy atom. The third-order valence-corrected chi connectivity index (χ3v) is 4.62. The van der Waals surface area contributed by atoms with Gasteiger partial charge in [0.15, 0.2) is 0 Å². The summed E-state index contributed by atoms with van der Waals surface area (Å²) >= 11 is 1.71. The van der Waals surface area contributed by atoms with Gasteiger partial charge < -0.3 is 10.1 Å². The number of carbonyl (C=O) groups is 1.